The van der Waals surface area contributed by atoms with Gasteiger partial charge in [-0.15, -0.1) is 0 Å². The van der Waals surface area contributed by atoms with Gasteiger partial charge in [-0.3, -0.25) is 14.8 Å². The highest BCUT2D eigenvalue weighted by atomic mass is 16.5. The predicted octanol–water partition coefficient (Wildman–Crippen LogP) is 2.12. The maximum atomic E-state index is 12.5. The Morgan fingerprint density at radius 1 is 1.39 bits per heavy atom. The lowest BCUT2D eigenvalue weighted by Crippen LogP contribution is -2.50. The summed E-state index contributed by atoms with van der Waals surface area (Å²) in [5.74, 6) is -0.131. The summed E-state index contributed by atoms with van der Waals surface area (Å²) in [4.78, 5) is 14.8. The van der Waals surface area contributed by atoms with E-state index in [1.807, 2.05) is 30.3 Å². The molecule has 1 saturated heterocycles. The van der Waals surface area contributed by atoms with Crippen molar-refractivity contribution in [1.29, 1.82) is 0 Å². The van der Waals surface area contributed by atoms with E-state index in [0.29, 0.717) is 24.9 Å². The van der Waals surface area contributed by atoms with Crippen LogP contribution in [0.4, 0.5) is 5.69 Å². The van der Waals surface area contributed by atoms with E-state index in [1.165, 1.54) is 0 Å². The molecule has 1 aliphatic heterocycles. The average Bonchev–Trinajstić information content (AvgIpc) is 3.04. The molecule has 0 bridgehead atoms. The van der Waals surface area contributed by atoms with Gasteiger partial charge in [0, 0.05) is 24.7 Å². The number of aromatic amines is 1. The number of ether oxygens (including phenoxy) is 1. The van der Waals surface area contributed by atoms with Crippen LogP contribution in [0.1, 0.15) is 13.8 Å². The number of nitrogens with zero attached hydrogens (tertiary/aromatic N) is 2. The fourth-order valence-corrected chi connectivity index (χ4v) is 2.72. The van der Waals surface area contributed by atoms with Crippen LogP contribution in [-0.2, 0) is 9.53 Å². The topological polar surface area (TPSA) is 70.2 Å². The molecule has 23 heavy (non-hydrogen) atoms. The Morgan fingerprint density at radius 2 is 2.17 bits per heavy atom. The molecule has 6 heteroatoms. The minimum atomic E-state index is -0.454. The van der Waals surface area contributed by atoms with Crippen LogP contribution in [0.3, 0.4) is 0 Å². The van der Waals surface area contributed by atoms with E-state index in [1.54, 1.807) is 6.20 Å². The van der Waals surface area contributed by atoms with E-state index < -0.39 is 6.10 Å². The van der Waals surface area contributed by atoms with Crippen LogP contribution in [0.5, 0.6) is 0 Å². The third-order valence-corrected chi connectivity index (χ3v) is 4.08. The second-order valence-corrected chi connectivity index (χ2v) is 5.96. The lowest BCUT2D eigenvalue weighted by atomic mass is 10.1. The number of carbonyl (C=O) groups is 1. The molecule has 0 saturated carbocycles. The van der Waals surface area contributed by atoms with Crippen LogP contribution in [0.15, 0.2) is 36.5 Å². The number of anilines is 1. The van der Waals surface area contributed by atoms with Gasteiger partial charge in [-0.25, -0.2) is 0 Å². The number of amides is 1. The van der Waals surface area contributed by atoms with Crippen molar-refractivity contribution >= 4 is 11.6 Å². The number of aromatic nitrogens is 2. The molecule has 0 unspecified atom stereocenters. The summed E-state index contributed by atoms with van der Waals surface area (Å²) < 4.78 is 5.63. The summed E-state index contributed by atoms with van der Waals surface area (Å²) in [7, 11) is 0. The minimum absolute atomic E-state index is 0.131. The number of hydrogen-bond donors (Lipinski definition) is 2. The molecule has 1 aliphatic rings. The van der Waals surface area contributed by atoms with Crippen molar-refractivity contribution in [2.45, 2.75) is 26.0 Å². The second kappa shape index (κ2) is 6.93. The number of H-pyrrole nitrogens is 1. The molecule has 2 heterocycles. The van der Waals surface area contributed by atoms with Crippen molar-refractivity contribution in [2.24, 2.45) is 0 Å². The van der Waals surface area contributed by atoms with E-state index in [9.17, 15) is 4.79 Å². The van der Waals surface area contributed by atoms with E-state index >= 15 is 0 Å². The maximum Gasteiger partial charge on any atom is 0.254 e. The van der Waals surface area contributed by atoms with Crippen LogP contribution in [0, 0.1) is 0 Å². The van der Waals surface area contributed by atoms with Crippen molar-refractivity contribution in [3.63, 3.8) is 0 Å². The fourth-order valence-electron chi connectivity index (χ4n) is 2.72. The van der Waals surface area contributed by atoms with Gasteiger partial charge in [0.2, 0.25) is 0 Å². The highest BCUT2D eigenvalue weighted by Crippen LogP contribution is 2.25. The highest BCUT2D eigenvalue weighted by molar-refractivity contribution is 5.97. The number of rotatable bonds is 4. The Morgan fingerprint density at radius 3 is 2.91 bits per heavy atom. The standard InChI is InChI=1S/C17H22N4O2/c1-12(2)21-8-9-23-15(11-21)17(22)19-14-10-18-20-16(14)13-6-4-3-5-7-13/h3-7,10,12,15H,8-9,11H2,1-2H3,(H,18,20)(H,19,22)/t15-/m0/s1. The van der Waals surface area contributed by atoms with Gasteiger partial charge in [0.05, 0.1) is 24.2 Å². The molecule has 3 rings (SSSR count). The van der Waals surface area contributed by atoms with Crippen LogP contribution in [0.25, 0.3) is 11.3 Å². The summed E-state index contributed by atoms with van der Waals surface area (Å²) >= 11 is 0. The maximum absolute atomic E-state index is 12.5. The fraction of sp³-hybridized carbons (Fsp3) is 0.412. The van der Waals surface area contributed by atoms with E-state index in [4.69, 9.17) is 4.74 Å². The van der Waals surface area contributed by atoms with Crippen molar-refractivity contribution < 1.29 is 9.53 Å². The molecule has 1 amide bonds. The zero-order valence-corrected chi connectivity index (χ0v) is 13.5. The van der Waals surface area contributed by atoms with Gasteiger partial charge in [-0.2, -0.15) is 5.10 Å². The third kappa shape index (κ3) is 3.60. The molecular formula is C17H22N4O2. The number of benzene rings is 1. The summed E-state index contributed by atoms with van der Waals surface area (Å²) in [5.41, 5.74) is 2.45. The van der Waals surface area contributed by atoms with Gasteiger partial charge < -0.3 is 10.1 Å². The molecule has 2 aromatic rings. The molecule has 1 fully saturated rings. The monoisotopic (exact) mass is 314 g/mol. The molecule has 2 N–H and O–H groups in total. The Balaban J connectivity index is 1.70. The van der Waals surface area contributed by atoms with Crippen molar-refractivity contribution in [2.75, 3.05) is 25.0 Å². The SMILES string of the molecule is CC(C)N1CCO[C@H](C(=O)Nc2cn[nH]c2-c2ccccc2)C1. The molecule has 1 aromatic heterocycles. The highest BCUT2D eigenvalue weighted by Gasteiger charge is 2.28. The van der Waals surface area contributed by atoms with Crippen LogP contribution < -0.4 is 5.32 Å². The van der Waals surface area contributed by atoms with Crippen LogP contribution in [-0.4, -0.2) is 52.8 Å². The summed E-state index contributed by atoms with van der Waals surface area (Å²) in [6.07, 6.45) is 1.17. The number of hydrogen-bond acceptors (Lipinski definition) is 4. The summed E-state index contributed by atoms with van der Waals surface area (Å²) in [5, 5.41) is 9.92. The molecular weight excluding hydrogens is 292 g/mol. The number of morpholine rings is 1. The molecule has 122 valence electrons. The van der Waals surface area contributed by atoms with E-state index in [2.05, 4.69) is 34.3 Å². The summed E-state index contributed by atoms with van der Waals surface area (Å²) in [6, 6.07) is 10.2. The predicted molar refractivity (Wildman–Crippen MR) is 89.1 cm³/mol. The van der Waals surface area contributed by atoms with Gasteiger partial charge in [-0.05, 0) is 13.8 Å². The lowest BCUT2D eigenvalue weighted by Gasteiger charge is -2.34. The van der Waals surface area contributed by atoms with Gasteiger partial charge >= 0.3 is 0 Å². The molecule has 0 aliphatic carbocycles. The zero-order valence-electron chi connectivity index (χ0n) is 13.5. The molecule has 0 radical (unpaired) electrons. The van der Waals surface area contributed by atoms with Crippen LogP contribution in [0.2, 0.25) is 0 Å². The number of carbonyl (C=O) groups excluding carboxylic acids is 1. The van der Waals surface area contributed by atoms with Crippen molar-refractivity contribution in [3.05, 3.63) is 36.5 Å². The van der Waals surface area contributed by atoms with Gasteiger partial charge in [0.1, 0.15) is 6.10 Å². The molecule has 6 nitrogen and oxygen atoms in total. The van der Waals surface area contributed by atoms with Gasteiger partial charge in [0.15, 0.2) is 0 Å². The lowest BCUT2D eigenvalue weighted by molar-refractivity contribution is -0.133. The Bertz CT molecular complexity index is 654. The summed E-state index contributed by atoms with van der Waals surface area (Å²) in [6.45, 7) is 6.31. The Hall–Kier alpha value is -2.18. The quantitative estimate of drug-likeness (QED) is 0.907. The average molecular weight is 314 g/mol. The zero-order chi connectivity index (χ0) is 16.2. The molecule has 0 spiro atoms. The van der Waals surface area contributed by atoms with E-state index in [-0.39, 0.29) is 5.91 Å². The largest absolute Gasteiger partial charge is 0.366 e. The third-order valence-electron chi connectivity index (χ3n) is 4.08. The van der Waals surface area contributed by atoms with Gasteiger partial charge in [0.25, 0.3) is 5.91 Å². The Kier molecular flexibility index (Phi) is 4.73. The normalized spacial score (nSPS) is 19.0. The smallest absolute Gasteiger partial charge is 0.254 e. The second-order valence-electron chi connectivity index (χ2n) is 5.96. The molecule has 1 aromatic carbocycles. The first kappa shape index (κ1) is 15.7. The number of nitrogens with one attached hydrogen (secondary N) is 2. The molecule has 1 atom stereocenters. The van der Waals surface area contributed by atoms with Crippen molar-refractivity contribution in [1.82, 2.24) is 15.1 Å². The minimum Gasteiger partial charge on any atom is -0.366 e. The first-order chi connectivity index (χ1) is 11.1. The first-order valence-corrected chi connectivity index (χ1v) is 7.90. The first-order valence-electron chi connectivity index (χ1n) is 7.90. The Labute approximate surface area is 135 Å². The van der Waals surface area contributed by atoms with Crippen molar-refractivity contribution in [3.8, 4) is 11.3 Å². The van der Waals surface area contributed by atoms with Crippen LogP contribution >= 0.6 is 0 Å². The van der Waals surface area contributed by atoms with Gasteiger partial charge in [-0.1, -0.05) is 30.3 Å². The van der Waals surface area contributed by atoms with E-state index in [0.717, 1.165) is 17.8 Å².